The van der Waals surface area contributed by atoms with Gasteiger partial charge in [0.2, 0.25) is 6.41 Å². The Hall–Kier alpha value is -2.11. The van der Waals surface area contributed by atoms with Gasteiger partial charge < -0.3 is 15.1 Å². The Bertz CT molecular complexity index is 456. The first kappa shape index (κ1) is 14.3. The van der Waals surface area contributed by atoms with E-state index in [1.165, 1.54) is 12.1 Å². The standard InChI is InChI=1S/C14H18FN3O2/c15-13-3-1-12(2-4-13)5-6-16-14(20)18-9-7-17(11-19)8-10-18/h1-4,11H,5-10H2,(H,16,20). The van der Waals surface area contributed by atoms with Crippen molar-refractivity contribution in [3.8, 4) is 0 Å². The second kappa shape index (κ2) is 6.88. The lowest BCUT2D eigenvalue weighted by Gasteiger charge is -2.32. The zero-order valence-electron chi connectivity index (χ0n) is 11.2. The molecule has 0 spiro atoms. The Labute approximate surface area is 117 Å². The van der Waals surface area contributed by atoms with Crippen LogP contribution in [0.1, 0.15) is 5.56 Å². The molecule has 108 valence electrons. The number of hydrogen-bond acceptors (Lipinski definition) is 2. The van der Waals surface area contributed by atoms with Gasteiger partial charge in [-0.2, -0.15) is 0 Å². The lowest BCUT2D eigenvalue weighted by Crippen LogP contribution is -2.51. The van der Waals surface area contributed by atoms with Crippen LogP contribution in [0, 0.1) is 5.82 Å². The highest BCUT2D eigenvalue weighted by molar-refractivity contribution is 5.74. The number of rotatable bonds is 4. The quantitative estimate of drug-likeness (QED) is 0.831. The molecule has 3 amide bonds. The Morgan fingerprint density at radius 2 is 1.85 bits per heavy atom. The van der Waals surface area contributed by atoms with Gasteiger partial charge in [0.25, 0.3) is 0 Å². The molecule has 1 aromatic carbocycles. The summed E-state index contributed by atoms with van der Waals surface area (Å²) in [6, 6.07) is 6.14. The van der Waals surface area contributed by atoms with Gasteiger partial charge in [-0.05, 0) is 24.1 Å². The first-order valence-electron chi connectivity index (χ1n) is 6.65. The van der Waals surface area contributed by atoms with Crippen LogP contribution in [0.3, 0.4) is 0 Å². The number of nitrogens with one attached hydrogen (secondary N) is 1. The molecule has 1 saturated heterocycles. The maximum Gasteiger partial charge on any atom is 0.317 e. The third-order valence-electron chi connectivity index (χ3n) is 3.35. The molecule has 6 heteroatoms. The number of piperazine rings is 1. The van der Waals surface area contributed by atoms with Crippen LogP contribution in [0.4, 0.5) is 9.18 Å². The zero-order chi connectivity index (χ0) is 14.4. The van der Waals surface area contributed by atoms with Crippen molar-refractivity contribution in [1.82, 2.24) is 15.1 Å². The Kier molecular flexibility index (Phi) is 4.92. The van der Waals surface area contributed by atoms with Crippen LogP contribution in [-0.2, 0) is 11.2 Å². The van der Waals surface area contributed by atoms with Gasteiger partial charge in [0.05, 0.1) is 0 Å². The highest BCUT2D eigenvalue weighted by Gasteiger charge is 2.19. The highest BCUT2D eigenvalue weighted by Crippen LogP contribution is 2.03. The van der Waals surface area contributed by atoms with Crippen molar-refractivity contribution in [2.75, 3.05) is 32.7 Å². The molecule has 1 aromatic rings. The van der Waals surface area contributed by atoms with E-state index in [4.69, 9.17) is 0 Å². The number of carbonyl (C=O) groups is 2. The molecular weight excluding hydrogens is 261 g/mol. The van der Waals surface area contributed by atoms with Crippen LogP contribution in [0.2, 0.25) is 0 Å². The van der Waals surface area contributed by atoms with Gasteiger partial charge in [0.15, 0.2) is 0 Å². The lowest BCUT2D eigenvalue weighted by molar-refractivity contribution is -0.119. The summed E-state index contributed by atoms with van der Waals surface area (Å²) < 4.78 is 12.7. The number of hydrogen-bond donors (Lipinski definition) is 1. The van der Waals surface area contributed by atoms with E-state index >= 15 is 0 Å². The molecule has 0 saturated carbocycles. The monoisotopic (exact) mass is 279 g/mol. The molecule has 0 bridgehead atoms. The SMILES string of the molecule is O=CN1CCN(C(=O)NCCc2ccc(F)cc2)CC1. The molecular formula is C14H18FN3O2. The predicted octanol–water partition coefficient (Wildman–Crippen LogP) is 0.852. The molecule has 1 aliphatic rings. The van der Waals surface area contributed by atoms with Crippen LogP contribution in [0.5, 0.6) is 0 Å². The number of urea groups is 1. The van der Waals surface area contributed by atoms with Crippen LogP contribution in [0.25, 0.3) is 0 Å². The summed E-state index contributed by atoms with van der Waals surface area (Å²) in [6.45, 7) is 2.78. The fraction of sp³-hybridized carbons (Fsp3) is 0.429. The second-order valence-electron chi connectivity index (χ2n) is 4.74. The van der Waals surface area contributed by atoms with E-state index in [0.717, 1.165) is 12.0 Å². The Balaban J connectivity index is 1.70. The maximum absolute atomic E-state index is 12.7. The molecule has 2 rings (SSSR count). The summed E-state index contributed by atoms with van der Waals surface area (Å²) in [7, 11) is 0. The third kappa shape index (κ3) is 3.94. The van der Waals surface area contributed by atoms with Crippen molar-refractivity contribution in [3.05, 3.63) is 35.6 Å². The molecule has 1 N–H and O–H groups in total. The molecule has 1 aliphatic heterocycles. The molecule has 20 heavy (non-hydrogen) atoms. The fourth-order valence-electron chi connectivity index (χ4n) is 2.11. The summed E-state index contributed by atoms with van der Waals surface area (Å²) in [6.07, 6.45) is 1.48. The normalized spacial score (nSPS) is 15.1. The number of carbonyl (C=O) groups excluding carboxylic acids is 2. The topological polar surface area (TPSA) is 52.7 Å². The van der Waals surface area contributed by atoms with Crippen molar-refractivity contribution < 1.29 is 14.0 Å². The summed E-state index contributed by atoms with van der Waals surface area (Å²) >= 11 is 0. The van der Waals surface area contributed by atoms with Gasteiger partial charge in [-0.15, -0.1) is 0 Å². The molecule has 0 radical (unpaired) electrons. The van der Waals surface area contributed by atoms with Crippen molar-refractivity contribution in [3.63, 3.8) is 0 Å². The molecule has 0 aromatic heterocycles. The van der Waals surface area contributed by atoms with Gasteiger partial charge in [-0.1, -0.05) is 12.1 Å². The van der Waals surface area contributed by atoms with Crippen LogP contribution >= 0.6 is 0 Å². The van der Waals surface area contributed by atoms with Gasteiger partial charge in [-0.3, -0.25) is 4.79 Å². The molecule has 5 nitrogen and oxygen atoms in total. The molecule has 1 fully saturated rings. The van der Waals surface area contributed by atoms with Crippen LogP contribution in [0.15, 0.2) is 24.3 Å². The van der Waals surface area contributed by atoms with Crippen molar-refractivity contribution in [1.29, 1.82) is 0 Å². The second-order valence-corrected chi connectivity index (χ2v) is 4.74. The average molecular weight is 279 g/mol. The van der Waals surface area contributed by atoms with Crippen molar-refractivity contribution in [2.45, 2.75) is 6.42 Å². The van der Waals surface area contributed by atoms with E-state index in [9.17, 15) is 14.0 Å². The van der Waals surface area contributed by atoms with E-state index in [2.05, 4.69) is 5.32 Å². The maximum atomic E-state index is 12.7. The van der Waals surface area contributed by atoms with E-state index < -0.39 is 0 Å². The van der Waals surface area contributed by atoms with E-state index in [-0.39, 0.29) is 11.8 Å². The summed E-state index contributed by atoms with van der Waals surface area (Å²) in [5.41, 5.74) is 0.984. The van der Waals surface area contributed by atoms with Crippen LogP contribution in [-0.4, -0.2) is 55.0 Å². The van der Waals surface area contributed by atoms with Gasteiger partial charge in [0, 0.05) is 32.7 Å². The number of benzene rings is 1. The first-order chi connectivity index (χ1) is 9.69. The van der Waals surface area contributed by atoms with Gasteiger partial charge in [-0.25, -0.2) is 9.18 Å². The summed E-state index contributed by atoms with van der Waals surface area (Å²) in [5, 5.41) is 2.83. The van der Waals surface area contributed by atoms with Crippen molar-refractivity contribution >= 4 is 12.4 Å². The van der Waals surface area contributed by atoms with Gasteiger partial charge in [0.1, 0.15) is 5.82 Å². The molecule has 0 atom stereocenters. The predicted molar refractivity (Wildman–Crippen MR) is 72.7 cm³/mol. The largest absolute Gasteiger partial charge is 0.342 e. The number of nitrogens with zero attached hydrogens (tertiary/aromatic N) is 2. The zero-order valence-corrected chi connectivity index (χ0v) is 11.2. The Morgan fingerprint density at radius 3 is 2.45 bits per heavy atom. The summed E-state index contributed by atoms with van der Waals surface area (Å²) in [4.78, 5) is 25.8. The minimum atomic E-state index is -0.258. The van der Waals surface area contributed by atoms with Crippen LogP contribution < -0.4 is 5.32 Å². The lowest BCUT2D eigenvalue weighted by atomic mass is 10.1. The average Bonchev–Trinajstić information content (AvgIpc) is 2.49. The van der Waals surface area contributed by atoms with E-state index in [1.807, 2.05) is 0 Å². The molecule has 1 heterocycles. The number of amides is 3. The molecule has 0 unspecified atom stereocenters. The minimum Gasteiger partial charge on any atom is -0.342 e. The summed E-state index contributed by atoms with van der Waals surface area (Å²) in [5.74, 6) is -0.258. The highest BCUT2D eigenvalue weighted by atomic mass is 19.1. The third-order valence-corrected chi connectivity index (χ3v) is 3.35. The fourth-order valence-corrected chi connectivity index (χ4v) is 2.11. The minimum absolute atomic E-state index is 0.113. The van der Waals surface area contributed by atoms with E-state index in [0.29, 0.717) is 39.1 Å². The van der Waals surface area contributed by atoms with Crippen molar-refractivity contribution in [2.24, 2.45) is 0 Å². The van der Waals surface area contributed by atoms with E-state index in [1.54, 1.807) is 21.9 Å². The van der Waals surface area contributed by atoms with Gasteiger partial charge >= 0.3 is 6.03 Å². The molecule has 0 aliphatic carbocycles. The number of halogens is 1. The Morgan fingerprint density at radius 1 is 1.20 bits per heavy atom. The smallest absolute Gasteiger partial charge is 0.317 e. The first-order valence-corrected chi connectivity index (χ1v) is 6.65.